The number of carbonyl (C=O) groups is 1. The normalized spacial score (nSPS) is 10.5. The van der Waals surface area contributed by atoms with Crippen molar-refractivity contribution in [2.45, 2.75) is 6.92 Å². The molecule has 0 amide bonds. The fourth-order valence-electron chi connectivity index (χ4n) is 1.59. The van der Waals surface area contributed by atoms with Gasteiger partial charge in [-0.25, -0.2) is 9.18 Å². The van der Waals surface area contributed by atoms with Crippen LogP contribution in [0, 0.1) is 5.82 Å². The molecule has 5 heteroatoms. The molecule has 0 atom stereocenters. The molecular weight excluding hydrogens is 225 g/mol. The van der Waals surface area contributed by atoms with E-state index in [2.05, 4.69) is 9.72 Å². The van der Waals surface area contributed by atoms with Crippen molar-refractivity contribution in [2.75, 3.05) is 6.61 Å². The van der Waals surface area contributed by atoms with E-state index < -0.39 is 22.9 Å². The third kappa shape index (κ3) is 1.91. The van der Waals surface area contributed by atoms with Gasteiger partial charge in [-0.1, -0.05) is 12.1 Å². The summed E-state index contributed by atoms with van der Waals surface area (Å²) in [5, 5.41) is 0.190. The maximum Gasteiger partial charge on any atom is 0.346 e. The van der Waals surface area contributed by atoms with Crippen LogP contribution in [0.4, 0.5) is 4.39 Å². The summed E-state index contributed by atoms with van der Waals surface area (Å²) in [4.78, 5) is 25.5. The van der Waals surface area contributed by atoms with Crippen LogP contribution in [0.2, 0.25) is 0 Å². The number of carbonyl (C=O) groups excluding carboxylic acids is 1. The van der Waals surface area contributed by atoms with E-state index in [0.717, 1.165) is 0 Å². The van der Waals surface area contributed by atoms with Crippen LogP contribution in [0.25, 0.3) is 10.9 Å². The van der Waals surface area contributed by atoms with Crippen LogP contribution >= 0.6 is 0 Å². The van der Waals surface area contributed by atoms with Crippen LogP contribution in [0.15, 0.2) is 29.1 Å². The first kappa shape index (κ1) is 11.3. The molecule has 0 aliphatic carbocycles. The molecule has 0 spiro atoms. The van der Waals surface area contributed by atoms with Crippen molar-refractivity contribution in [3.05, 3.63) is 46.0 Å². The molecule has 4 nitrogen and oxygen atoms in total. The number of benzene rings is 1. The first-order valence-corrected chi connectivity index (χ1v) is 5.12. The summed E-state index contributed by atoms with van der Waals surface area (Å²) in [5.74, 6) is -1.79. The van der Waals surface area contributed by atoms with E-state index >= 15 is 0 Å². The van der Waals surface area contributed by atoms with Gasteiger partial charge in [0.1, 0.15) is 0 Å². The number of hydrogen-bond donors (Lipinski definition) is 1. The molecule has 0 saturated heterocycles. The molecular formula is C12H10FNO3. The summed E-state index contributed by atoms with van der Waals surface area (Å²) in [6.07, 6.45) is 0. The van der Waals surface area contributed by atoms with Gasteiger partial charge in [-0.2, -0.15) is 0 Å². The van der Waals surface area contributed by atoms with Crippen molar-refractivity contribution in [3.8, 4) is 0 Å². The fraction of sp³-hybridized carbons (Fsp3) is 0.167. The molecule has 1 aromatic heterocycles. The van der Waals surface area contributed by atoms with Gasteiger partial charge in [-0.15, -0.1) is 0 Å². The average Bonchev–Trinajstić information content (AvgIpc) is 2.29. The quantitative estimate of drug-likeness (QED) is 0.808. The van der Waals surface area contributed by atoms with Gasteiger partial charge in [0.05, 0.1) is 12.1 Å². The Kier molecular flexibility index (Phi) is 2.91. The Balaban J connectivity index is 2.72. The van der Waals surface area contributed by atoms with E-state index in [0.29, 0.717) is 5.52 Å². The van der Waals surface area contributed by atoms with Crippen LogP contribution < -0.4 is 5.56 Å². The number of pyridine rings is 1. The van der Waals surface area contributed by atoms with Crippen molar-refractivity contribution < 1.29 is 13.9 Å². The molecule has 1 heterocycles. The summed E-state index contributed by atoms with van der Waals surface area (Å²) in [5.41, 5.74) is -1.01. The van der Waals surface area contributed by atoms with E-state index in [1.807, 2.05) is 0 Å². The summed E-state index contributed by atoms with van der Waals surface area (Å²) in [7, 11) is 0. The molecule has 0 aliphatic rings. The van der Waals surface area contributed by atoms with Gasteiger partial charge in [0.15, 0.2) is 11.4 Å². The molecule has 0 aliphatic heterocycles. The maximum atomic E-state index is 14.0. The highest BCUT2D eigenvalue weighted by atomic mass is 19.1. The fourth-order valence-corrected chi connectivity index (χ4v) is 1.59. The predicted molar refractivity (Wildman–Crippen MR) is 60.5 cm³/mol. The maximum absolute atomic E-state index is 14.0. The van der Waals surface area contributed by atoms with Crippen molar-refractivity contribution in [3.63, 3.8) is 0 Å². The van der Waals surface area contributed by atoms with Crippen molar-refractivity contribution in [1.82, 2.24) is 4.98 Å². The lowest BCUT2D eigenvalue weighted by Crippen LogP contribution is -2.22. The number of fused-ring (bicyclic) bond motifs is 1. The molecule has 17 heavy (non-hydrogen) atoms. The summed E-state index contributed by atoms with van der Waals surface area (Å²) in [6.45, 7) is 1.68. The van der Waals surface area contributed by atoms with Crippen LogP contribution in [-0.2, 0) is 4.74 Å². The minimum Gasteiger partial charge on any atom is -0.462 e. The van der Waals surface area contributed by atoms with Gasteiger partial charge in [-0.3, -0.25) is 4.79 Å². The molecule has 2 aromatic rings. The molecule has 0 radical (unpaired) electrons. The molecule has 1 N–H and O–H groups in total. The zero-order valence-corrected chi connectivity index (χ0v) is 9.12. The highest BCUT2D eigenvalue weighted by Crippen LogP contribution is 2.16. The lowest BCUT2D eigenvalue weighted by Gasteiger charge is -2.05. The van der Waals surface area contributed by atoms with Crippen LogP contribution in [-0.4, -0.2) is 17.6 Å². The number of ether oxygens (including phenoxy) is 1. The Morgan fingerprint density at radius 2 is 2.12 bits per heavy atom. The minimum atomic E-state index is -0.947. The summed E-state index contributed by atoms with van der Waals surface area (Å²) < 4.78 is 18.6. The number of halogens is 1. The van der Waals surface area contributed by atoms with Crippen molar-refractivity contribution in [2.24, 2.45) is 0 Å². The third-order valence-electron chi connectivity index (χ3n) is 2.34. The Bertz CT molecular complexity index is 633. The zero-order chi connectivity index (χ0) is 12.4. The van der Waals surface area contributed by atoms with Crippen LogP contribution in [0.5, 0.6) is 0 Å². The minimum absolute atomic E-state index is 0.0878. The highest BCUT2D eigenvalue weighted by molar-refractivity contribution is 5.94. The summed E-state index contributed by atoms with van der Waals surface area (Å²) >= 11 is 0. The van der Waals surface area contributed by atoms with Gasteiger partial charge in [0.2, 0.25) is 0 Å². The number of aromatic nitrogens is 1. The van der Waals surface area contributed by atoms with Gasteiger partial charge >= 0.3 is 5.97 Å². The first-order valence-electron chi connectivity index (χ1n) is 5.12. The highest BCUT2D eigenvalue weighted by Gasteiger charge is 2.20. The Hall–Kier alpha value is -2.17. The second-order valence-electron chi connectivity index (χ2n) is 3.41. The van der Waals surface area contributed by atoms with Crippen molar-refractivity contribution >= 4 is 16.9 Å². The van der Waals surface area contributed by atoms with Crippen LogP contribution in [0.1, 0.15) is 17.3 Å². The molecule has 0 unspecified atom stereocenters. The van der Waals surface area contributed by atoms with E-state index in [-0.39, 0.29) is 12.0 Å². The van der Waals surface area contributed by atoms with Gasteiger partial charge in [0, 0.05) is 5.39 Å². The second kappa shape index (κ2) is 4.37. The van der Waals surface area contributed by atoms with Crippen LogP contribution in [0.3, 0.4) is 0 Å². The van der Waals surface area contributed by atoms with E-state index in [4.69, 9.17) is 0 Å². The SMILES string of the molecule is CCOC(=O)c1c(F)c2ccccc2[nH]c1=O. The van der Waals surface area contributed by atoms with Gasteiger partial charge < -0.3 is 9.72 Å². The lowest BCUT2D eigenvalue weighted by molar-refractivity contribution is 0.0519. The molecule has 88 valence electrons. The number of nitrogens with one attached hydrogen (secondary N) is 1. The smallest absolute Gasteiger partial charge is 0.346 e. The number of rotatable bonds is 2. The van der Waals surface area contributed by atoms with Gasteiger partial charge in [-0.05, 0) is 19.1 Å². The number of esters is 1. The predicted octanol–water partition coefficient (Wildman–Crippen LogP) is 1.84. The molecule has 0 bridgehead atoms. The number of hydrogen-bond acceptors (Lipinski definition) is 3. The largest absolute Gasteiger partial charge is 0.462 e. The Morgan fingerprint density at radius 3 is 2.82 bits per heavy atom. The third-order valence-corrected chi connectivity index (χ3v) is 2.34. The average molecular weight is 235 g/mol. The summed E-state index contributed by atoms with van der Waals surface area (Å²) in [6, 6.07) is 6.35. The molecule has 1 aromatic carbocycles. The number of aromatic amines is 1. The Morgan fingerprint density at radius 1 is 1.41 bits per heavy atom. The topological polar surface area (TPSA) is 59.2 Å². The standard InChI is InChI=1S/C12H10FNO3/c1-2-17-12(16)9-10(13)7-5-3-4-6-8(7)14-11(9)15/h3-6H,2H2,1H3,(H,14,15). The monoisotopic (exact) mass is 235 g/mol. The molecule has 0 saturated carbocycles. The van der Waals surface area contributed by atoms with E-state index in [9.17, 15) is 14.0 Å². The van der Waals surface area contributed by atoms with E-state index in [1.165, 1.54) is 6.07 Å². The zero-order valence-electron chi connectivity index (χ0n) is 9.12. The lowest BCUT2D eigenvalue weighted by atomic mass is 10.1. The number of para-hydroxylation sites is 1. The molecule has 0 fully saturated rings. The first-order chi connectivity index (χ1) is 8.15. The second-order valence-corrected chi connectivity index (χ2v) is 3.41. The van der Waals surface area contributed by atoms with Crippen molar-refractivity contribution in [1.29, 1.82) is 0 Å². The number of H-pyrrole nitrogens is 1. The van der Waals surface area contributed by atoms with E-state index in [1.54, 1.807) is 25.1 Å². The Labute approximate surface area is 96.0 Å². The van der Waals surface area contributed by atoms with Gasteiger partial charge in [0.25, 0.3) is 5.56 Å². The molecule has 2 rings (SSSR count).